The molecule has 2 heterocycles. The maximum atomic E-state index is 12.9. The lowest BCUT2D eigenvalue weighted by atomic mass is 10.1. The fourth-order valence-electron chi connectivity index (χ4n) is 2.73. The number of thioether (sulfide) groups is 2. The van der Waals surface area contributed by atoms with Crippen LogP contribution in [0.25, 0.3) is 0 Å². The van der Waals surface area contributed by atoms with Crippen LogP contribution in [-0.2, 0) is 4.79 Å². The summed E-state index contributed by atoms with van der Waals surface area (Å²) in [5.41, 5.74) is 0.670. The smallest absolute Gasteiger partial charge is 0.262 e. The van der Waals surface area contributed by atoms with Crippen molar-refractivity contribution in [2.24, 2.45) is 0 Å². The highest BCUT2D eigenvalue weighted by Gasteiger charge is 2.42. The van der Waals surface area contributed by atoms with Crippen molar-refractivity contribution in [1.29, 1.82) is 0 Å². The van der Waals surface area contributed by atoms with Crippen LogP contribution in [0.2, 0.25) is 0 Å². The number of aromatic nitrogens is 2. The van der Waals surface area contributed by atoms with Gasteiger partial charge in [-0.2, -0.15) is 11.8 Å². The topological polar surface area (TPSA) is 92.3 Å². The zero-order valence-corrected chi connectivity index (χ0v) is 17.2. The van der Waals surface area contributed by atoms with Crippen molar-refractivity contribution in [1.82, 2.24) is 15.1 Å². The number of carbonyl (C=O) groups excluding carboxylic acids is 3. The molecule has 10 heteroatoms. The number of rotatable bonds is 8. The van der Waals surface area contributed by atoms with Gasteiger partial charge in [-0.15, -0.1) is 10.2 Å². The fourth-order valence-corrected chi connectivity index (χ4v) is 4.84. The molecule has 2 aromatic rings. The average molecular weight is 423 g/mol. The Morgan fingerprint density at radius 1 is 1.22 bits per heavy atom. The first-order valence-corrected chi connectivity index (χ1v) is 11.5. The Morgan fingerprint density at radius 2 is 1.89 bits per heavy atom. The van der Waals surface area contributed by atoms with E-state index in [0.29, 0.717) is 28.4 Å². The molecule has 0 bridgehead atoms. The molecule has 0 spiro atoms. The SMILES string of the molecule is CCSc1nnc(NC(=O)[C@H](CCSC)N2C(=O)c3ccccc3C2=O)s1. The highest BCUT2D eigenvalue weighted by molar-refractivity contribution is 8.01. The molecule has 27 heavy (non-hydrogen) atoms. The average Bonchev–Trinajstić information content (AvgIpc) is 3.20. The Labute approximate surface area is 169 Å². The van der Waals surface area contributed by atoms with Crippen molar-refractivity contribution in [2.75, 3.05) is 23.1 Å². The minimum Gasteiger partial charge on any atom is -0.299 e. The molecule has 1 atom stereocenters. The summed E-state index contributed by atoms with van der Waals surface area (Å²) in [4.78, 5) is 39.4. The molecule has 7 nitrogen and oxygen atoms in total. The van der Waals surface area contributed by atoms with Crippen LogP contribution < -0.4 is 5.32 Å². The van der Waals surface area contributed by atoms with Gasteiger partial charge in [-0.05, 0) is 36.3 Å². The van der Waals surface area contributed by atoms with Crippen LogP contribution in [0.15, 0.2) is 28.6 Å². The summed E-state index contributed by atoms with van der Waals surface area (Å²) < 4.78 is 0.759. The second-order valence-electron chi connectivity index (χ2n) is 5.62. The number of imide groups is 1. The predicted molar refractivity (Wildman–Crippen MR) is 109 cm³/mol. The lowest BCUT2D eigenvalue weighted by molar-refractivity contribution is -0.120. The van der Waals surface area contributed by atoms with Crippen LogP contribution in [0.1, 0.15) is 34.1 Å². The molecule has 0 saturated carbocycles. The van der Waals surface area contributed by atoms with Crippen LogP contribution in [0.4, 0.5) is 5.13 Å². The number of nitrogens with zero attached hydrogens (tertiary/aromatic N) is 3. The maximum absolute atomic E-state index is 12.9. The first-order valence-electron chi connectivity index (χ1n) is 8.29. The van der Waals surface area contributed by atoms with Crippen molar-refractivity contribution in [3.63, 3.8) is 0 Å². The summed E-state index contributed by atoms with van der Waals surface area (Å²) in [7, 11) is 0. The quantitative estimate of drug-likeness (QED) is 0.397. The van der Waals surface area contributed by atoms with Crippen molar-refractivity contribution >= 4 is 57.7 Å². The molecule has 3 rings (SSSR count). The molecule has 1 N–H and O–H groups in total. The molecule has 1 aromatic carbocycles. The van der Waals surface area contributed by atoms with Gasteiger partial charge < -0.3 is 0 Å². The summed E-state index contributed by atoms with van der Waals surface area (Å²) in [6, 6.07) is 5.74. The predicted octanol–water partition coefficient (Wildman–Crippen LogP) is 3.01. The number of nitrogens with one attached hydrogen (secondary N) is 1. The molecule has 1 aliphatic heterocycles. The van der Waals surface area contributed by atoms with Crippen LogP contribution in [-0.4, -0.2) is 56.6 Å². The number of fused-ring (bicyclic) bond motifs is 1. The largest absolute Gasteiger partial charge is 0.299 e. The third kappa shape index (κ3) is 4.17. The number of benzene rings is 1. The van der Waals surface area contributed by atoms with E-state index >= 15 is 0 Å². The maximum Gasteiger partial charge on any atom is 0.262 e. The number of amides is 3. The Bertz CT molecular complexity index is 836. The standard InChI is InChI=1S/C17H18N4O3S3/c1-3-26-17-20-19-16(27-17)18-13(22)12(8-9-25-2)21-14(23)10-6-4-5-7-11(10)15(21)24/h4-7,12H,3,8-9H2,1-2H3,(H,18,19,22)/t12-/m0/s1. The molecular weight excluding hydrogens is 404 g/mol. The van der Waals surface area contributed by atoms with Gasteiger partial charge in [0.1, 0.15) is 6.04 Å². The third-order valence-electron chi connectivity index (χ3n) is 3.94. The summed E-state index contributed by atoms with van der Waals surface area (Å²) in [5, 5.41) is 11.0. The van der Waals surface area contributed by atoms with Gasteiger partial charge in [0, 0.05) is 0 Å². The highest BCUT2D eigenvalue weighted by atomic mass is 32.2. The first-order chi connectivity index (χ1) is 13.1. The number of anilines is 1. The summed E-state index contributed by atoms with van der Waals surface area (Å²) in [5.74, 6) is 0.197. The van der Waals surface area contributed by atoms with E-state index in [1.54, 1.807) is 36.0 Å². The molecular formula is C17H18N4O3S3. The minimum atomic E-state index is -0.893. The van der Waals surface area contributed by atoms with Gasteiger partial charge in [-0.25, -0.2) is 0 Å². The van der Waals surface area contributed by atoms with E-state index in [2.05, 4.69) is 15.5 Å². The zero-order chi connectivity index (χ0) is 19.4. The number of hydrogen-bond donors (Lipinski definition) is 1. The summed E-state index contributed by atoms with van der Waals surface area (Å²) >= 11 is 4.36. The molecule has 0 unspecified atom stereocenters. The Kier molecular flexibility index (Phi) is 6.51. The molecule has 1 aliphatic rings. The highest BCUT2D eigenvalue weighted by Crippen LogP contribution is 2.28. The molecule has 142 valence electrons. The van der Waals surface area contributed by atoms with Gasteiger partial charge in [-0.3, -0.25) is 24.6 Å². The van der Waals surface area contributed by atoms with Gasteiger partial charge in [0.25, 0.3) is 11.8 Å². The normalized spacial score (nSPS) is 14.4. The van der Waals surface area contributed by atoms with E-state index in [9.17, 15) is 14.4 Å². The van der Waals surface area contributed by atoms with E-state index in [1.807, 2.05) is 13.2 Å². The number of hydrogen-bond acceptors (Lipinski definition) is 8. The van der Waals surface area contributed by atoms with Crippen LogP contribution in [0.5, 0.6) is 0 Å². The molecule has 3 amide bonds. The van der Waals surface area contributed by atoms with E-state index < -0.39 is 23.8 Å². The van der Waals surface area contributed by atoms with Gasteiger partial charge in [0.2, 0.25) is 11.0 Å². The summed E-state index contributed by atoms with van der Waals surface area (Å²) in [6.45, 7) is 2.00. The third-order valence-corrected chi connectivity index (χ3v) is 6.44. The van der Waals surface area contributed by atoms with Crippen LogP contribution in [0.3, 0.4) is 0 Å². The van der Waals surface area contributed by atoms with Gasteiger partial charge >= 0.3 is 0 Å². The zero-order valence-electron chi connectivity index (χ0n) is 14.8. The fraction of sp³-hybridized carbons (Fsp3) is 0.353. The monoisotopic (exact) mass is 422 g/mol. The first kappa shape index (κ1) is 19.8. The van der Waals surface area contributed by atoms with Gasteiger partial charge in [0.15, 0.2) is 4.34 Å². The second-order valence-corrected chi connectivity index (χ2v) is 9.09. The van der Waals surface area contributed by atoms with Gasteiger partial charge in [0.05, 0.1) is 11.1 Å². The molecule has 0 radical (unpaired) electrons. The molecule has 0 fully saturated rings. The Hall–Kier alpha value is -1.91. The Balaban J connectivity index is 1.82. The minimum absolute atomic E-state index is 0.335. The van der Waals surface area contributed by atoms with Crippen LogP contribution in [0, 0.1) is 0 Å². The van der Waals surface area contributed by atoms with Gasteiger partial charge in [-0.1, -0.05) is 42.2 Å². The van der Waals surface area contributed by atoms with Crippen molar-refractivity contribution in [3.8, 4) is 0 Å². The molecule has 0 saturated heterocycles. The summed E-state index contributed by atoms with van der Waals surface area (Å²) in [6.07, 6.45) is 2.28. The van der Waals surface area contributed by atoms with Crippen molar-refractivity contribution in [3.05, 3.63) is 35.4 Å². The van der Waals surface area contributed by atoms with E-state index in [4.69, 9.17) is 0 Å². The number of carbonyl (C=O) groups is 3. The lowest BCUT2D eigenvalue weighted by Crippen LogP contribution is -2.47. The molecule has 1 aromatic heterocycles. The second kappa shape index (κ2) is 8.85. The Morgan fingerprint density at radius 3 is 2.48 bits per heavy atom. The van der Waals surface area contributed by atoms with Crippen molar-refractivity contribution < 1.29 is 14.4 Å². The van der Waals surface area contributed by atoms with E-state index in [0.717, 1.165) is 15.0 Å². The lowest BCUT2D eigenvalue weighted by Gasteiger charge is -2.24. The van der Waals surface area contributed by atoms with E-state index in [-0.39, 0.29) is 0 Å². The van der Waals surface area contributed by atoms with Crippen molar-refractivity contribution in [2.45, 2.75) is 23.7 Å². The van der Waals surface area contributed by atoms with E-state index in [1.165, 1.54) is 23.1 Å². The van der Waals surface area contributed by atoms with Crippen LogP contribution >= 0.6 is 34.9 Å². The molecule has 0 aliphatic carbocycles.